The lowest BCUT2D eigenvalue weighted by Gasteiger charge is -2.36. The maximum absolute atomic E-state index is 12.9. The molecule has 1 saturated heterocycles. The number of hydrogen-bond acceptors (Lipinski definition) is 5. The summed E-state index contributed by atoms with van der Waals surface area (Å²) in [7, 11) is 1.31. The largest absolute Gasteiger partial charge is 0.466 e. The first-order chi connectivity index (χ1) is 12.5. The quantitative estimate of drug-likeness (QED) is 0.564. The van der Waals surface area contributed by atoms with Gasteiger partial charge in [0.1, 0.15) is 11.6 Å². The van der Waals surface area contributed by atoms with Gasteiger partial charge in [-0.25, -0.2) is 9.59 Å². The molecular weight excluding hydrogens is 348 g/mol. The van der Waals surface area contributed by atoms with Gasteiger partial charge in [0.25, 0.3) is 0 Å². The monoisotopic (exact) mass is 382 g/mol. The summed E-state index contributed by atoms with van der Waals surface area (Å²) < 4.78 is 10.1. The lowest BCUT2D eigenvalue weighted by Crippen LogP contribution is -2.54. The van der Waals surface area contributed by atoms with Gasteiger partial charge in [0.2, 0.25) is 5.91 Å². The molecule has 7 nitrogen and oxygen atoms in total. The molecule has 1 fully saturated rings. The van der Waals surface area contributed by atoms with Crippen molar-refractivity contribution in [3.63, 3.8) is 0 Å². The van der Waals surface area contributed by atoms with Crippen LogP contribution in [0.2, 0.25) is 0 Å². The SMILES string of the molecule is COC(=O)/C=C/[C@H](CC(C)C)NC(=O)[C@@H]1CCCCN1C(=O)OC(C)(C)C. The minimum absolute atomic E-state index is 0.222. The molecule has 0 aromatic heterocycles. The maximum Gasteiger partial charge on any atom is 0.410 e. The van der Waals surface area contributed by atoms with Crippen molar-refractivity contribution in [2.75, 3.05) is 13.7 Å². The summed E-state index contributed by atoms with van der Waals surface area (Å²) in [4.78, 5) is 38.3. The average molecular weight is 383 g/mol. The predicted molar refractivity (Wildman–Crippen MR) is 103 cm³/mol. The van der Waals surface area contributed by atoms with Crippen LogP contribution < -0.4 is 5.32 Å². The topological polar surface area (TPSA) is 84.9 Å². The Morgan fingerprint density at radius 2 is 1.89 bits per heavy atom. The first-order valence-corrected chi connectivity index (χ1v) is 9.59. The number of methoxy groups -OCH3 is 1. The number of likely N-dealkylation sites (tertiary alicyclic amines) is 1. The van der Waals surface area contributed by atoms with Crippen molar-refractivity contribution in [1.82, 2.24) is 10.2 Å². The highest BCUT2D eigenvalue weighted by Gasteiger charge is 2.35. The number of carbonyl (C=O) groups is 3. The summed E-state index contributed by atoms with van der Waals surface area (Å²) in [6.45, 7) is 10.00. The Labute approximate surface area is 162 Å². The number of carbonyl (C=O) groups excluding carboxylic acids is 3. The Kier molecular flexibility index (Phi) is 8.79. The highest BCUT2D eigenvalue weighted by molar-refractivity contribution is 5.86. The van der Waals surface area contributed by atoms with Crippen LogP contribution in [0.5, 0.6) is 0 Å². The molecular formula is C20H34N2O5. The van der Waals surface area contributed by atoms with E-state index in [9.17, 15) is 14.4 Å². The van der Waals surface area contributed by atoms with E-state index in [0.717, 1.165) is 12.8 Å². The zero-order valence-electron chi connectivity index (χ0n) is 17.4. The molecule has 1 N–H and O–H groups in total. The number of ether oxygens (including phenoxy) is 2. The number of nitrogens with one attached hydrogen (secondary N) is 1. The lowest BCUT2D eigenvalue weighted by molar-refractivity contribution is -0.135. The maximum atomic E-state index is 12.9. The van der Waals surface area contributed by atoms with E-state index in [-0.39, 0.29) is 11.9 Å². The second-order valence-electron chi connectivity index (χ2n) is 8.31. The third-order valence-corrected chi connectivity index (χ3v) is 4.15. The molecule has 0 bridgehead atoms. The lowest BCUT2D eigenvalue weighted by atomic mass is 9.99. The Bertz CT molecular complexity index is 551. The van der Waals surface area contributed by atoms with E-state index in [1.807, 2.05) is 13.8 Å². The first kappa shape index (κ1) is 23.0. The van der Waals surface area contributed by atoms with Crippen LogP contribution in [0.4, 0.5) is 4.79 Å². The van der Waals surface area contributed by atoms with Gasteiger partial charge in [-0.05, 0) is 52.4 Å². The molecule has 1 aliphatic rings. The molecule has 2 amide bonds. The van der Waals surface area contributed by atoms with E-state index >= 15 is 0 Å². The molecule has 0 unspecified atom stereocenters. The van der Waals surface area contributed by atoms with Gasteiger partial charge in [0, 0.05) is 18.7 Å². The molecule has 1 heterocycles. The normalized spacial score (nSPS) is 19.1. The van der Waals surface area contributed by atoms with E-state index in [1.165, 1.54) is 18.1 Å². The van der Waals surface area contributed by atoms with Crippen LogP contribution >= 0.6 is 0 Å². The predicted octanol–water partition coefficient (Wildman–Crippen LogP) is 3.04. The van der Waals surface area contributed by atoms with E-state index in [1.54, 1.807) is 26.8 Å². The molecule has 0 aromatic carbocycles. The molecule has 154 valence electrons. The van der Waals surface area contributed by atoms with E-state index in [4.69, 9.17) is 4.74 Å². The molecule has 0 saturated carbocycles. The van der Waals surface area contributed by atoms with Crippen molar-refractivity contribution in [2.24, 2.45) is 5.92 Å². The third kappa shape index (κ3) is 8.45. The summed E-state index contributed by atoms with van der Waals surface area (Å²) >= 11 is 0. The van der Waals surface area contributed by atoms with Gasteiger partial charge < -0.3 is 14.8 Å². The fraction of sp³-hybridized carbons (Fsp3) is 0.750. The van der Waals surface area contributed by atoms with E-state index < -0.39 is 23.7 Å². The number of nitrogens with zero attached hydrogens (tertiary/aromatic N) is 1. The van der Waals surface area contributed by atoms with Crippen LogP contribution in [0.25, 0.3) is 0 Å². The summed E-state index contributed by atoms with van der Waals surface area (Å²) in [6.07, 6.45) is 5.50. The minimum Gasteiger partial charge on any atom is -0.466 e. The van der Waals surface area contributed by atoms with Crippen molar-refractivity contribution in [3.05, 3.63) is 12.2 Å². The molecule has 0 aromatic rings. The fourth-order valence-electron chi connectivity index (χ4n) is 2.98. The number of esters is 1. The summed E-state index contributed by atoms with van der Waals surface area (Å²) in [5, 5.41) is 2.96. The molecule has 0 aliphatic carbocycles. The van der Waals surface area contributed by atoms with Crippen molar-refractivity contribution >= 4 is 18.0 Å². The van der Waals surface area contributed by atoms with Crippen molar-refractivity contribution in [3.8, 4) is 0 Å². The van der Waals surface area contributed by atoms with Crippen molar-refractivity contribution in [2.45, 2.75) is 78.0 Å². The average Bonchev–Trinajstić information content (AvgIpc) is 2.57. The Hall–Kier alpha value is -2.05. The van der Waals surface area contributed by atoms with Crippen LogP contribution in [0, 0.1) is 5.92 Å². The van der Waals surface area contributed by atoms with E-state index in [2.05, 4.69) is 10.1 Å². The molecule has 0 radical (unpaired) electrons. The highest BCUT2D eigenvalue weighted by Crippen LogP contribution is 2.21. The molecule has 0 spiro atoms. The smallest absolute Gasteiger partial charge is 0.410 e. The highest BCUT2D eigenvalue weighted by atomic mass is 16.6. The summed E-state index contributed by atoms with van der Waals surface area (Å²) in [5.41, 5.74) is -0.612. The van der Waals surface area contributed by atoms with Gasteiger partial charge in [0.15, 0.2) is 0 Å². The van der Waals surface area contributed by atoms with Crippen LogP contribution in [0.15, 0.2) is 12.2 Å². The van der Waals surface area contributed by atoms with Gasteiger partial charge in [-0.15, -0.1) is 0 Å². The first-order valence-electron chi connectivity index (χ1n) is 9.59. The van der Waals surface area contributed by atoms with Crippen LogP contribution in [-0.4, -0.2) is 54.2 Å². The van der Waals surface area contributed by atoms with Gasteiger partial charge in [-0.2, -0.15) is 0 Å². The molecule has 27 heavy (non-hydrogen) atoms. The van der Waals surface area contributed by atoms with Crippen LogP contribution in [0.3, 0.4) is 0 Å². The van der Waals surface area contributed by atoms with Gasteiger partial charge in [-0.1, -0.05) is 19.9 Å². The summed E-state index contributed by atoms with van der Waals surface area (Å²) in [6, 6.07) is -0.867. The van der Waals surface area contributed by atoms with Gasteiger partial charge in [-0.3, -0.25) is 9.69 Å². The fourth-order valence-corrected chi connectivity index (χ4v) is 2.98. The van der Waals surface area contributed by atoms with Crippen molar-refractivity contribution in [1.29, 1.82) is 0 Å². The van der Waals surface area contributed by atoms with E-state index in [0.29, 0.717) is 25.3 Å². The zero-order chi connectivity index (χ0) is 20.6. The van der Waals surface area contributed by atoms with Crippen molar-refractivity contribution < 1.29 is 23.9 Å². The number of hydrogen-bond donors (Lipinski definition) is 1. The van der Waals surface area contributed by atoms with Gasteiger partial charge >= 0.3 is 12.1 Å². The number of piperidine rings is 1. The van der Waals surface area contributed by atoms with Crippen LogP contribution in [-0.2, 0) is 19.1 Å². The minimum atomic E-state index is -0.612. The van der Waals surface area contributed by atoms with Gasteiger partial charge in [0.05, 0.1) is 7.11 Å². The Morgan fingerprint density at radius 1 is 1.22 bits per heavy atom. The molecule has 1 aliphatic heterocycles. The zero-order valence-corrected chi connectivity index (χ0v) is 17.4. The molecule has 2 atom stereocenters. The van der Waals surface area contributed by atoms with Crippen LogP contribution in [0.1, 0.15) is 60.3 Å². The Morgan fingerprint density at radius 3 is 2.44 bits per heavy atom. The second kappa shape index (κ2) is 10.3. The third-order valence-electron chi connectivity index (χ3n) is 4.15. The summed E-state index contributed by atoms with van der Waals surface area (Å²) in [5.74, 6) is -0.363. The molecule has 1 rings (SSSR count). The number of amides is 2. The standard InChI is InChI=1S/C20H34N2O5/c1-14(2)13-15(10-11-17(23)26-6)21-18(24)16-9-7-8-12-22(16)19(25)27-20(3,4)5/h10-11,14-16H,7-9,12-13H2,1-6H3,(H,21,24)/b11-10+/t15-,16+/m1/s1. The number of rotatable bonds is 6. The second-order valence-corrected chi connectivity index (χ2v) is 8.31. The molecule has 7 heteroatoms. The Balaban J connectivity index is 2.85.